The summed E-state index contributed by atoms with van der Waals surface area (Å²) >= 11 is 0. The van der Waals surface area contributed by atoms with Gasteiger partial charge in [0.1, 0.15) is 5.82 Å². The minimum Gasteiger partial charge on any atom is -0.368 e. The lowest BCUT2D eigenvalue weighted by molar-refractivity contribution is 0.0745. The number of anilines is 1. The summed E-state index contributed by atoms with van der Waals surface area (Å²) in [5.41, 5.74) is 5.29. The third kappa shape index (κ3) is 3.75. The minimum atomic E-state index is -0.293. The van der Waals surface area contributed by atoms with Gasteiger partial charge in [-0.15, -0.1) is 0 Å². The van der Waals surface area contributed by atoms with Crippen molar-refractivity contribution in [3.8, 4) is 5.69 Å². The van der Waals surface area contributed by atoms with Gasteiger partial charge in [-0.2, -0.15) is 5.10 Å². The van der Waals surface area contributed by atoms with E-state index in [4.69, 9.17) is 0 Å². The van der Waals surface area contributed by atoms with Gasteiger partial charge in [-0.05, 0) is 62.7 Å². The van der Waals surface area contributed by atoms with E-state index in [1.165, 1.54) is 23.4 Å². The molecule has 1 fully saturated rings. The highest BCUT2D eigenvalue weighted by molar-refractivity contribution is 5.96. The molecule has 0 aliphatic carbocycles. The number of nitrogens with zero attached hydrogens (tertiary/aromatic N) is 4. The van der Waals surface area contributed by atoms with Crippen LogP contribution in [0.25, 0.3) is 5.69 Å². The molecule has 2 heterocycles. The van der Waals surface area contributed by atoms with Gasteiger partial charge in [0, 0.05) is 31.9 Å². The van der Waals surface area contributed by atoms with E-state index in [2.05, 4.69) is 41.2 Å². The summed E-state index contributed by atoms with van der Waals surface area (Å²) in [5.74, 6) is -0.282. The number of carbonyl (C=O) groups is 1. The Hall–Kier alpha value is -3.15. The first-order valence-electron chi connectivity index (χ1n) is 9.87. The second-order valence-electron chi connectivity index (χ2n) is 7.55. The molecule has 1 aliphatic rings. The van der Waals surface area contributed by atoms with Crippen LogP contribution in [-0.4, -0.2) is 46.8 Å². The van der Waals surface area contributed by atoms with E-state index < -0.39 is 0 Å². The maximum absolute atomic E-state index is 13.2. The lowest BCUT2D eigenvalue weighted by atomic mass is 10.1. The van der Waals surface area contributed by atoms with Gasteiger partial charge < -0.3 is 9.80 Å². The van der Waals surface area contributed by atoms with Gasteiger partial charge in [-0.1, -0.05) is 12.1 Å². The number of hydrogen-bond donors (Lipinski definition) is 0. The molecule has 1 saturated heterocycles. The van der Waals surface area contributed by atoms with Gasteiger partial charge in [0.15, 0.2) is 0 Å². The van der Waals surface area contributed by atoms with Crippen molar-refractivity contribution >= 4 is 11.6 Å². The van der Waals surface area contributed by atoms with Crippen LogP contribution in [0.2, 0.25) is 0 Å². The zero-order valence-electron chi connectivity index (χ0n) is 17.0. The Morgan fingerprint density at radius 1 is 0.931 bits per heavy atom. The van der Waals surface area contributed by atoms with Crippen molar-refractivity contribution in [3.05, 3.63) is 76.9 Å². The molecule has 0 N–H and O–H groups in total. The molecular formula is C23H25FN4O. The molecule has 1 aromatic heterocycles. The quantitative estimate of drug-likeness (QED) is 0.679. The molecule has 0 unspecified atom stereocenters. The second-order valence-corrected chi connectivity index (χ2v) is 7.55. The van der Waals surface area contributed by atoms with Crippen LogP contribution in [0.5, 0.6) is 0 Å². The van der Waals surface area contributed by atoms with Gasteiger partial charge in [0.25, 0.3) is 5.91 Å². The third-order valence-electron chi connectivity index (χ3n) is 5.51. The van der Waals surface area contributed by atoms with E-state index >= 15 is 0 Å². The highest BCUT2D eigenvalue weighted by Gasteiger charge is 2.27. The van der Waals surface area contributed by atoms with Crippen molar-refractivity contribution in [1.82, 2.24) is 14.7 Å². The van der Waals surface area contributed by atoms with Gasteiger partial charge in [-0.3, -0.25) is 4.79 Å². The molecule has 3 aromatic rings. The topological polar surface area (TPSA) is 41.4 Å². The minimum absolute atomic E-state index is 0.0113. The van der Waals surface area contributed by atoms with E-state index in [9.17, 15) is 9.18 Å². The molecule has 6 heteroatoms. The molecule has 1 aliphatic heterocycles. The molecule has 2 aromatic carbocycles. The number of carbonyl (C=O) groups excluding carboxylic acids is 1. The summed E-state index contributed by atoms with van der Waals surface area (Å²) in [6.07, 6.45) is 0. The van der Waals surface area contributed by atoms with Crippen molar-refractivity contribution < 1.29 is 9.18 Å². The lowest BCUT2D eigenvalue weighted by Crippen LogP contribution is -2.49. The van der Waals surface area contributed by atoms with Crippen LogP contribution < -0.4 is 4.90 Å². The van der Waals surface area contributed by atoms with Gasteiger partial charge in [-0.25, -0.2) is 9.07 Å². The molecule has 0 spiro atoms. The highest BCUT2D eigenvalue weighted by Crippen LogP contribution is 2.22. The lowest BCUT2D eigenvalue weighted by Gasteiger charge is -2.36. The number of halogens is 1. The largest absolute Gasteiger partial charge is 0.368 e. The summed E-state index contributed by atoms with van der Waals surface area (Å²) in [6, 6.07) is 14.6. The Bertz CT molecular complexity index is 1030. The fourth-order valence-electron chi connectivity index (χ4n) is 3.94. The van der Waals surface area contributed by atoms with Gasteiger partial charge in [0.05, 0.1) is 22.6 Å². The van der Waals surface area contributed by atoms with Crippen LogP contribution in [0.4, 0.5) is 10.1 Å². The molecule has 0 atom stereocenters. The smallest absolute Gasteiger partial charge is 0.257 e. The Balaban J connectivity index is 1.51. The van der Waals surface area contributed by atoms with Crippen molar-refractivity contribution in [1.29, 1.82) is 0 Å². The second kappa shape index (κ2) is 7.70. The number of rotatable bonds is 3. The van der Waals surface area contributed by atoms with Crippen LogP contribution in [0.1, 0.15) is 27.3 Å². The molecule has 150 valence electrons. The first-order chi connectivity index (χ1) is 13.9. The fourth-order valence-corrected chi connectivity index (χ4v) is 3.94. The zero-order valence-corrected chi connectivity index (χ0v) is 17.0. The van der Waals surface area contributed by atoms with Crippen LogP contribution in [-0.2, 0) is 0 Å². The van der Waals surface area contributed by atoms with E-state index in [1.807, 2.05) is 18.7 Å². The number of aromatic nitrogens is 2. The Labute approximate surface area is 170 Å². The normalized spacial score (nSPS) is 14.3. The Morgan fingerprint density at radius 3 is 2.28 bits per heavy atom. The number of piperazine rings is 1. The number of hydrogen-bond acceptors (Lipinski definition) is 3. The molecule has 0 saturated carbocycles. The third-order valence-corrected chi connectivity index (χ3v) is 5.51. The average molecular weight is 392 g/mol. The van der Waals surface area contributed by atoms with E-state index in [0.717, 1.165) is 24.5 Å². The maximum atomic E-state index is 13.2. The summed E-state index contributed by atoms with van der Waals surface area (Å²) in [5, 5.41) is 4.53. The molecule has 4 rings (SSSR count). The summed E-state index contributed by atoms with van der Waals surface area (Å²) in [7, 11) is 0. The standard InChI is InChI=1S/C23H25FN4O/c1-16-5-4-6-21(15-16)26-11-13-27(14-12-26)23(29)22-17(2)25-28(18(22)3)20-9-7-19(24)8-10-20/h4-10,15H,11-14H2,1-3H3. The number of amides is 1. The Kier molecular flexibility index (Phi) is 5.09. The first-order valence-corrected chi connectivity index (χ1v) is 9.87. The SMILES string of the molecule is Cc1cccc(N2CCN(C(=O)c3c(C)nn(-c4ccc(F)cc4)c3C)CC2)c1. The van der Waals surface area contributed by atoms with E-state index in [1.54, 1.807) is 16.8 Å². The van der Waals surface area contributed by atoms with Crippen LogP contribution in [0.3, 0.4) is 0 Å². The molecule has 29 heavy (non-hydrogen) atoms. The first kappa shape index (κ1) is 19.2. The maximum Gasteiger partial charge on any atom is 0.257 e. The van der Waals surface area contributed by atoms with Crippen molar-refractivity contribution in [3.63, 3.8) is 0 Å². The zero-order chi connectivity index (χ0) is 20.5. The van der Waals surface area contributed by atoms with E-state index in [0.29, 0.717) is 24.3 Å². The van der Waals surface area contributed by atoms with Crippen molar-refractivity contribution in [2.45, 2.75) is 20.8 Å². The van der Waals surface area contributed by atoms with Crippen LogP contribution >= 0.6 is 0 Å². The molecule has 5 nitrogen and oxygen atoms in total. The summed E-state index contributed by atoms with van der Waals surface area (Å²) in [4.78, 5) is 17.5. The van der Waals surface area contributed by atoms with Crippen LogP contribution in [0, 0.1) is 26.6 Å². The molecule has 1 amide bonds. The molecule has 0 bridgehead atoms. The van der Waals surface area contributed by atoms with Crippen molar-refractivity contribution in [2.75, 3.05) is 31.1 Å². The predicted octanol–water partition coefficient (Wildman–Crippen LogP) is 3.90. The fraction of sp³-hybridized carbons (Fsp3) is 0.304. The number of benzene rings is 2. The average Bonchev–Trinajstić information content (AvgIpc) is 3.02. The highest BCUT2D eigenvalue weighted by atomic mass is 19.1. The van der Waals surface area contributed by atoms with E-state index in [-0.39, 0.29) is 11.7 Å². The molecule has 0 radical (unpaired) electrons. The van der Waals surface area contributed by atoms with Gasteiger partial charge >= 0.3 is 0 Å². The number of aryl methyl sites for hydroxylation is 2. The van der Waals surface area contributed by atoms with Crippen LogP contribution in [0.15, 0.2) is 48.5 Å². The molecular weight excluding hydrogens is 367 g/mol. The van der Waals surface area contributed by atoms with Crippen molar-refractivity contribution in [2.24, 2.45) is 0 Å². The Morgan fingerprint density at radius 2 is 1.62 bits per heavy atom. The monoisotopic (exact) mass is 392 g/mol. The predicted molar refractivity (Wildman–Crippen MR) is 112 cm³/mol. The summed E-state index contributed by atoms with van der Waals surface area (Å²) < 4.78 is 15.0. The van der Waals surface area contributed by atoms with Gasteiger partial charge in [0.2, 0.25) is 0 Å². The summed E-state index contributed by atoms with van der Waals surface area (Å²) in [6.45, 7) is 8.79.